The monoisotopic (exact) mass is 195 g/mol. The average molecular weight is 195 g/mol. The summed E-state index contributed by atoms with van der Waals surface area (Å²) in [5, 5.41) is 3.04. The fourth-order valence-electron chi connectivity index (χ4n) is 1.20. The highest BCUT2D eigenvalue weighted by Gasteiger charge is 2.01. The molecule has 1 aromatic heterocycles. The lowest BCUT2D eigenvalue weighted by molar-refractivity contribution is 0.716. The fraction of sp³-hybridized carbons (Fsp3) is 0.600. The summed E-state index contributed by atoms with van der Waals surface area (Å²) >= 11 is 0. The summed E-state index contributed by atoms with van der Waals surface area (Å²) in [6.45, 7) is 5.55. The van der Waals surface area contributed by atoms with Gasteiger partial charge in [0, 0.05) is 25.5 Å². The second-order valence-corrected chi connectivity index (χ2v) is 3.15. The molecule has 0 atom stereocenters. The Balaban J connectivity index is 2.72. The zero-order valence-corrected chi connectivity index (χ0v) is 8.79. The van der Waals surface area contributed by atoms with Crippen molar-refractivity contribution in [2.45, 2.75) is 33.2 Å². The first-order valence-electron chi connectivity index (χ1n) is 5.09. The molecule has 0 amide bonds. The van der Waals surface area contributed by atoms with Gasteiger partial charge in [0.1, 0.15) is 0 Å². The second-order valence-electron chi connectivity index (χ2n) is 3.15. The summed E-state index contributed by atoms with van der Waals surface area (Å²) in [4.78, 5) is 15.6. The van der Waals surface area contributed by atoms with Gasteiger partial charge in [-0.15, -0.1) is 0 Å². The third-order valence-corrected chi connectivity index (χ3v) is 2.08. The van der Waals surface area contributed by atoms with Crippen LogP contribution >= 0.6 is 0 Å². The van der Waals surface area contributed by atoms with Crippen LogP contribution in [0, 0.1) is 0 Å². The Labute approximate surface area is 84.0 Å². The Hall–Kier alpha value is -1.32. The molecule has 14 heavy (non-hydrogen) atoms. The molecule has 0 saturated heterocycles. The third kappa shape index (κ3) is 2.58. The highest BCUT2D eigenvalue weighted by molar-refractivity contribution is 5.30. The summed E-state index contributed by atoms with van der Waals surface area (Å²) in [5.41, 5.74) is -0.0360. The first-order valence-corrected chi connectivity index (χ1v) is 5.09. The number of unbranched alkanes of at least 4 members (excludes halogenated alkanes) is 1. The van der Waals surface area contributed by atoms with E-state index in [0.717, 1.165) is 19.4 Å². The van der Waals surface area contributed by atoms with Gasteiger partial charge in [0.15, 0.2) is 5.82 Å². The lowest BCUT2D eigenvalue weighted by atomic mass is 10.3. The highest BCUT2D eigenvalue weighted by atomic mass is 16.1. The minimum atomic E-state index is -0.0360. The maximum absolute atomic E-state index is 11.6. The molecule has 0 radical (unpaired) electrons. The van der Waals surface area contributed by atoms with E-state index in [0.29, 0.717) is 12.4 Å². The van der Waals surface area contributed by atoms with E-state index in [-0.39, 0.29) is 5.56 Å². The smallest absolute Gasteiger partial charge is 0.293 e. The predicted molar refractivity (Wildman–Crippen MR) is 57.6 cm³/mol. The van der Waals surface area contributed by atoms with Crippen molar-refractivity contribution in [1.82, 2.24) is 9.55 Å². The maximum Gasteiger partial charge on any atom is 0.293 e. The summed E-state index contributed by atoms with van der Waals surface area (Å²) < 4.78 is 1.64. The third-order valence-electron chi connectivity index (χ3n) is 2.08. The number of hydrogen-bond donors (Lipinski definition) is 1. The summed E-state index contributed by atoms with van der Waals surface area (Å²) in [5.74, 6) is 0.461. The largest absolute Gasteiger partial charge is 0.365 e. The van der Waals surface area contributed by atoms with Gasteiger partial charge in [-0.2, -0.15) is 0 Å². The van der Waals surface area contributed by atoms with Crippen molar-refractivity contribution in [1.29, 1.82) is 0 Å². The Morgan fingerprint density at radius 1 is 1.50 bits per heavy atom. The quantitative estimate of drug-likeness (QED) is 0.724. The molecule has 1 aromatic rings. The zero-order valence-electron chi connectivity index (χ0n) is 8.79. The molecule has 0 aliphatic carbocycles. The number of aryl methyl sites for hydroxylation is 1. The molecule has 78 valence electrons. The van der Waals surface area contributed by atoms with Crippen LogP contribution in [-0.4, -0.2) is 16.1 Å². The van der Waals surface area contributed by atoms with E-state index >= 15 is 0 Å². The summed E-state index contributed by atoms with van der Waals surface area (Å²) in [7, 11) is 0. The van der Waals surface area contributed by atoms with Crippen molar-refractivity contribution in [3.05, 3.63) is 22.7 Å². The minimum absolute atomic E-state index is 0.0360. The number of aromatic nitrogens is 2. The first-order chi connectivity index (χ1) is 6.79. The van der Waals surface area contributed by atoms with Crippen LogP contribution < -0.4 is 10.9 Å². The van der Waals surface area contributed by atoms with Crippen molar-refractivity contribution in [3.8, 4) is 0 Å². The molecule has 0 aliphatic heterocycles. The van der Waals surface area contributed by atoms with Gasteiger partial charge >= 0.3 is 0 Å². The Morgan fingerprint density at radius 3 is 2.93 bits per heavy atom. The van der Waals surface area contributed by atoms with E-state index in [2.05, 4.69) is 17.2 Å². The Bertz CT molecular complexity index is 332. The number of anilines is 1. The van der Waals surface area contributed by atoms with Gasteiger partial charge in [-0.25, -0.2) is 4.98 Å². The lowest BCUT2D eigenvalue weighted by Gasteiger charge is -2.06. The molecule has 0 aromatic carbocycles. The molecule has 1 heterocycles. The van der Waals surface area contributed by atoms with Crippen LogP contribution in [0.2, 0.25) is 0 Å². The van der Waals surface area contributed by atoms with Crippen LogP contribution in [0.25, 0.3) is 0 Å². The lowest BCUT2D eigenvalue weighted by Crippen LogP contribution is -2.23. The number of rotatable bonds is 5. The first kappa shape index (κ1) is 10.8. The molecular weight excluding hydrogens is 178 g/mol. The molecule has 0 fully saturated rings. The molecule has 4 heteroatoms. The van der Waals surface area contributed by atoms with Gasteiger partial charge in [-0.3, -0.25) is 4.79 Å². The van der Waals surface area contributed by atoms with Crippen molar-refractivity contribution in [2.24, 2.45) is 0 Å². The zero-order chi connectivity index (χ0) is 10.4. The van der Waals surface area contributed by atoms with E-state index < -0.39 is 0 Å². The van der Waals surface area contributed by atoms with Gasteiger partial charge in [0.2, 0.25) is 0 Å². The fourth-order valence-corrected chi connectivity index (χ4v) is 1.20. The average Bonchev–Trinajstić information content (AvgIpc) is 2.21. The van der Waals surface area contributed by atoms with Gasteiger partial charge in [-0.1, -0.05) is 13.3 Å². The summed E-state index contributed by atoms with van der Waals surface area (Å²) in [6.07, 6.45) is 5.52. The van der Waals surface area contributed by atoms with Gasteiger partial charge < -0.3 is 9.88 Å². The SMILES string of the molecule is CCCCNc1nccn(CC)c1=O. The van der Waals surface area contributed by atoms with Gasteiger partial charge in [0.25, 0.3) is 5.56 Å². The van der Waals surface area contributed by atoms with Gasteiger partial charge in [-0.05, 0) is 13.3 Å². The molecule has 0 bridgehead atoms. The molecule has 4 nitrogen and oxygen atoms in total. The molecule has 1 rings (SSSR count). The Kier molecular flexibility index (Phi) is 4.16. The number of hydrogen-bond acceptors (Lipinski definition) is 3. The topological polar surface area (TPSA) is 46.9 Å². The van der Waals surface area contributed by atoms with Crippen molar-refractivity contribution < 1.29 is 0 Å². The number of nitrogens with zero attached hydrogens (tertiary/aromatic N) is 2. The molecule has 1 N–H and O–H groups in total. The maximum atomic E-state index is 11.6. The van der Waals surface area contributed by atoms with E-state index in [1.54, 1.807) is 17.0 Å². The summed E-state index contributed by atoms with van der Waals surface area (Å²) in [6, 6.07) is 0. The molecule has 0 aliphatic rings. The van der Waals surface area contributed by atoms with Crippen molar-refractivity contribution in [2.75, 3.05) is 11.9 Å². The van der Waals surface area contributed by atoms with E-state index in [4.69, 9.17) is 0 Å². The Morgan fingerprint density at radius 2 is 2.29 bits per heavy atom. The molecular formula is C10H17N3O. The second kappa shape index (κ2) is 5.42. The standard InChI is InChI=1S/C10H17N3O/c1-3-5-6-11-9-10(14)13(4-2)8-7-12-9/h7-8H,3-6H2,1-2H3,(H,11,12). The van der Waals surface area contributed by atoms with Gasteiger partial charge in [0.05, 0.1) is 0 Å². The van der Waals surface area contributed by atoms with Crippen LogP contribution in [0.4, 0.5) is 5.82 Å². The van der Waals surface area contributed by atoms with Crippen LogP contribution in [0.3, 0.4) is 0 Å². The predicted octanol–water partition coefficient (Wildman–Crippen LogP) is 1.48. The molecule has 0 saturated carbocycles. The number of nitrogens with one attached hydrogen (secondary N) is 1. The van der Waals surface area contributed by atoms with Crippen LogP contribution in [0.5, 0.6) is 0 Å². The normalized spacial score (nSPS) is 10.1. The van der Waals surface area contributed by atoms with Crippen LogP contribution in [0.1, 0.15) is 26.7 Å². The van der Waals surface area contributed by atoms with Crippen molar-refractivity contribution >= 4 is 5.82 Å². The molecule has 0 unspecified atom stereocenters. The van der Waals surface area contributed by atoms with E-state index in [1.165, 1.54) is 0 Å². The van der Waals surface area contributed by atoms with Crippen molar-refractivity contribution in [3.63, 3.8) is 0 Å². The minimum Gasteiger partial charge on any atom is -0.365 e. The van der Waals surface area contributed by atoms with E-state index in [9.17, 15) is 4.79 Å². The molecule has 0 spiro atoms. The highest BCUT2D eigenvalue weighted by Crippen LogP contribution is 1.94. The van der Waals surface area contributed by atoms with Crippen LogP contribution in [-0.2, 0) is 6.54 Å². The van der Waals surface area contributed by atoms with Crippen LogP contribution in [0.15, 0.2) is 17.2 Å². The van der Waals surface area contributed by atoms with E-state index in [1.807, 2.05) is 6.92 Å².